The van der Waals surface area contributed by atoms with E-state index in [2.05, 4.69) is 60.8 Å². The third-order valence-corrected chi connectivity index (χ3v) is 3.07. The minimum absolute atomic E-state index is 0.911. The summed E-state index contributed by atoms with van der Waals surface area (Å²) in [6.07, 6.45) is 1.07. The highest BCUT2D eigenvalue weighted by Gasteiger charge is 2.06. The summed E-state index contributed by atoms with van der Waals surface area (Å²) >= 11 is 0. The Morgan fingerprint density at radius 3 is 1.94 bits per heavy atom. The molecule has 88 valence electrons. The molecule has 0 unspecified atom stereocenters. The van der Waals surface area contributed by atoms with Crippen LogP contribution >= 0.6 is 0 Å². The van der Waals surface area contributed by atoms with Gasteiger partial charge in [-0.15, -0.1) is 0 Å². The molecular formula is C16H19N. The lowest BCUT2D eigenvalue weighted by Gasteiger charge is -2.12. The maximum Gasteiger partial charge on any atom is 0.0208 e. The van der Waals surface area contributed by atoms with Gasteiger partial charge in [0.25, 0.3) is 0 Å². The summed E-state index contributed by atoms with van der Waals surface area (Å²) in [7, 11) is 1.99. The summed E-state index contributed by atoms with van der Waals surface area (Å²) in [5.41, 5.74) is 5.48. The number of aryl methyl sites for hydroxylation is 1. The molecular weight excluding hydrogens is 206 g/mol. The van der Waals surface area contributed by atoms with Gasteiger partial charge in [-0.2, -0.15) is 0 Å². The topological polar surface area (TPSA) is 12.0 Å². The Morgan fingerprint density at radius 2 is 1.35 bits per heavy atom. The van der Waals surface area contributed by atoms with Crippen LogP contribution in [0.1, 0.15) is 18.1 Å². The first-order valence-corrected chi connectivity index (χ1v) is 6.17. The van der Waals surface area contributed by atoms with Crippen molar-refractivity contribution in [1.82, 2.24) is 5.32 Å². The highest BCUT2D eigenvalue weighted by atomic mass is 14.8. The van der Waals surface area contributed by atoms with Gasteiger partial charge in [-0.25, -0.2) is 0 Å². The maximum atomic E-state index is 3.23. The Kier molecular flexibility index (Phi) is 3.94. The van der Waals surface area contributed by atoms with Crippen molar-refractivity contribution in [2.45, 2.75) is 19.9 Å². The van der Waals surface area contributed by atoms with Gasteiger partial charge >= 0.3 is 0 Å². The Hall–Kier alpha value is -1.60. The molecule has 2 aromatic carbocycles. The van der Waals surface area contributed by atoms with Crippen molar-refractivity contribution in [3.63, 3.8) is 0 Å². The Balaban J connectivity index is 2.52. The highest BCUT2D eigenvalue weighted by Crippen LogP contribution is 2.27. The molecule has 0 atom stereocenters. The van der Waals surface area contributed by atoms with Gasteiger partial charge in [-0.3, -0.25) is 0 Å². The fraction of sp³-hybridized carbons (Fsp3) is 0.250. The minimum atomic E-state index is 0.911. The standard InChI is InChI=1S/C16H19N/c1-3-13-8-4-6-10-15(13)16-11-7-5-9-14(16)12-17-2/h4-11,17H,3,12H2,1-2H3. The van der Waals surface area contributed by atoms with Crippen molar-refractivity contribution < 1.29 is 0 Å². The zero-order chi connectivity index (χ0) is 12.1. The number of rotatable bonds is 4. The third-order valence-electron chi connectivity index (χ3n) is 3.07. The summed E-state index contributed by atoms with van der Waals surface area (Å²) < 4.78 is 0. The molecule has 0 aliphatic heterocycles. The Bertz CT molecular complexity index is 488. The average molecular weight is 225 g/mol. The smallest absolute Gasteiger partial charge is 0.0208 e. The van der Waals surface area contributed by atoms with E-state index in [9.17, 15) is 0 Å². The highest BCUT2D eigenvalue weighted by molar-refractivity contribution is 5.70. The minimum Gasteiger partial charge on any atom is -0.316 e. The molecule has 0 aliphatic rings. The molecule has 0 heterocycles. The van der Waals surface area contributed by atoms with Crippen LogP contribution in [0.5, 0.6) is 0 Å². The first-order valence-electron chi connectivity index (χ1n) is 6.17. The van der Waals surface area contributed by atoms with Gasteiger partial charge in [0.2, 0.25) is 0 Å². The van der Waals surface area contributed by atoms with Gasteiger partial charge in [-0.05, 0) is 35.7 Å². The van der Waals surface area contributed by atoms with E-state index in [1.165, 1.54) is 22.3 Å². The van der Waals surface area contributed by atoms with Crippen LogP contribution in [0.15, 0.2) is 48.5 Å². The molecule has 0 aliphatic carbocycles. The molecule has 0 saturated carbocycles. The van der Waals surface area contributed by atoms with Crippen LogP contribution in [0.3, 0.4) is 0 Å². The second kappa shape index (κ2) is 5.65. The lowest BCUT2D eigenvalue weighted by atomic mass is 9.94. The van der Waals surface area contributed by atoms with Crippen molar-refractivity contribution in [2.24, 2.45) is 0 Å². The molecule has 2 aromatic rings. The molecule has 1 nitrogen and oxygen atoms in total. The van der Waals surface area contributed by atoms with Crippen LogP contribution in [0.2, 0.25) is 0 Å². The van der Waals surface area contributed by atoms with E-state index >= 15 is 0 Å². The zero-order valence-electron chi connectivity index (χ0n) is 10.5. The van der Waals surface area contributed by atoms with E-state index in [0.29, 0.717) is 0 Å². The number of nitrogens with one attached hydrogen (secondary N) is 1. The second-order valence-electron chi connectivity index (χ2n) is 4.20. The summed E-state index contributed by atoms with van der Waals surface area (Å²) in [6.45, 7) is 3.12. The quantitative estimate of drug-likeness (QED) is 0.837. The molecule has 0 saturated heterocycles. The molecule has 2 rings (SSSR count). The first kappa shape index (κ1) is 11.9. The predicted octanol–water partition coefficient (Wildman–Crippen LogP) is 3.64. The molecule has 0 radical (unpaired) electrons. The Morgan fingerprint density at radius 1 is 0.824 bits per heavy atom. The van der Waals surface area contributed by atoms with E-state index in [0.717, 1.165) is 13.0 Å². The van der Waals surface area contributed by atoms with E-state index in [-0.39, 0.29) is 0 Å². The van der Waals surface area contributed by atoms with Crippen LogP contribution in [-0.4, -0.2) is 7.05 Å². The first-order chi connectivity index (χ1) is 8.36. The molecule has 1 N–H and O–H groups in total. The molecule has 0 bridgehead atoms. The molecule has 0 amide bonds. The van der Waals surface area contributed by atoms with Gasteiger partial charge in [0.05, 0.1) is 0 Å². The van der Waals surface area contributed by atoms with Gasteiger partial charge in [0, 0.05) is 6.54 Å². The van der Waals surface area contributed by atoms with Crippen LogP contribution in [0, 0.1) is 0 Å². The van der Waals surface area contributed by atoms with Crippen molar-refractivity contribution in [3.8, 4) is 11.1 Å². The summed E-state index contributed by atoms with van der Waals surface area (Å²) in [6, 6.07) is 17.3. The molecule has 17 heavy (non-hydrogen) atoms. The maximum absolute atomic E-state index is 3.23. The van der Waals surface area contributed by atoms with E-state index in [1.807, 2.05) is 7.05 Å². The number of hydrogen-bond acceptors (Lipinski definition) is 1. The second-order valence-corrected chi connectivity index (χ2v) is 4.20. The van der Waals surface area contributed by atoms with Crippen molar-refractivity contribution in [2.75, 3.05) is 7.05 Å². The number of hydrogen-bond donors (Lipinski definition) is 1. The molecule has 0 aromatic heterocycles. The van der Waals surface area contributed by atoms with Crippen molar-refractivity contribution in [1.29, 1.82) is 0 Å². The normalized spacial score (nSPS) is 10.5. The largest absolute Gasteiger partial charge is 0.316 e. The van der Waals surface area contributed by atoms with E-state index in [1.54, 1.807) is 0 Å². The lowest BCUT2D eigenvalue weighted by molar-refractivity contribution is 0.819. The fourth-order valence-electron chi connectivity index (χ4n) is 2.22. The lowest BCUT2D eigenvalue weighted by Crippen LogP contribution is -2.06. The van der Waals surface area contributed by atoms with Crippen molar-refractivity contribution in [3.05, 3.63) is 59.7 Å². The van der Waals surface area contributed by atoms with Crippen LogP contribution in [0.4, 0.5) is 0 Å². The zero-order valence-corrected chi connectivity index (χ0v) is 10.5. The van der Waals surface area contributed by atoms with Gasteiger partial charge in [-0.1, -0.05) is 55.5 Å². The van der Waals surface area contributed by atoms with Gasteiger partial charge in [0.1, 0.15) is 0 Å². The molecule has 0 fully saturated rings. The monoisotopic (exact) mass is 225 g/mol. The summed E-state index contributed by atoms with van der Waals surface area (Å²) in [4.78, 5) is 0. The summed E-state index contributed by atoms with van der Waals surface area (Å²) in [5, 5.41) is 3.23. The third kappa shape index (κ3) is 2.56. The summed E-state index contributed by atoms with van der Waals surface area (Å²) in [5.74, 6) is 0. The van der Waals surface area contributed by atoms with E-state index in [4.69, 9.17) is 0 Å². The van der Waals surface area contributed by atoms with Gasteiger partial charge in [0.15, 0.2) is 0 Å². The molecule has 0 spiro atoms. The van der Waals surface area contributed by atoms with Crippen LogP contribution < -0.4 is 5.32 Å². The predicted molar refractivity (Wildman–Crippen MR) is 74.0 cm³/mol. The molecule has 1 heteroatoms. The Labute approximate surface area is 103 Å². The SMILES string of the molecule is CCc1ccccc1-c1ccccc1CNC. The van der Waals surface area contributed by atoms with Crippen LogP contribution in [-0.2, 0) is 13.0 Å². The number of benzene rings is 2. The van der Waals surface area contributed by atoms with E-state index < -0.39 is 0 Å². The average Bonchev–Trinajstić information content (AvgIpc) is 2.40. The van der Waals surface area contributed by atoms with Crippen molar-refractivity contribution >= 4 is 0 Å². The van der Waals surface area contributed by atoms with Crippen LogP contribution in [0.25, 0.3) is 11.1 Å². The van der Waals surface area contributed by atoms with Gasteiger partial charge < -0.3 is 5.32 Å². The fourth-order valence-corrected chi connectivity index (χ4v) is 2.22.